The maximum atomic E-state index is 13.6. The molecule has 1 aliphatic carbocycles. The van der Waals surface area contributed by atoms with Crippen LogP contribution >= 0.6 is 23.2 Å². The van der Waals surface area contributed by atoms with Gasteiger partial charge in [-0.1, -0.05) is 29.3 Å². The Labute approximate surface area is 152 Å². The largest absolute Gasteiger partial charge is 0.323 e. The Balaban J connectivity index is 1.62. The molecule has 0 aromatic heterocycles. The lowest BCUT2D eigenvalue weighted by atomic mass is 10.2. The molecule has 0 heterocycles. The van der Waals surface area contributed by atoms with Gasteiger partial charge in [0.05, 0.1) is 33.3 Å². The number of anilines is 2. The molecule has 1 aliphatic rings. The van der Waals surface area contributed by atoms with Crippen LogP contribution in [0.3, 0.4) is 0 Å². The first-order chi connectivity index (χ1) is 11.9. The average Bonchev–Trinajstić information content (AvgIpc) is 3.34. The minimum absolute atomic E-state index is 0.133. The number of carbonyl (C=O) groups is 2. The number of carbonyl (C=O) groups excluding carboxylic acids is 2. The number of halogens is 4. The molecular weight excluding hydrogens is 373 g/mol. The minimum atomic E-state index is -0.877. The van der Waals surface area contributed by atoms with E-state index in [1.54, 1.807) is 18.2 Å². The molecule has 0 bridgehead atoms. The zero-order chi connectivity index (χ0) is 18.1. The van der Waals surface area contributed by atoms with Gasteiger partial charge in [-0.15, -0.1) is 0 Å². The summed E-state index contributed by atoms with van der Waals surface area (Å²) in [6.45, 7) is 0. The fraction of sp³-hybridized carbons (Fsp3) is 0.176. The molecule has 130 valence electrons. The van der Waals surface area contributed by atoms with Crippen LogP contribution in [0.25, 0.3) is 0 Å². The summed E-state index contributed by atoms with van der Waals surface area (Å²) < 4.78 is 26.4. The van der Waals surface area contributed by atoms with Gasteiger partial charge < -0.3 is 10.6 Å². The van der Waals surface area contributed by atoms with E-state index in [1.165, 1.54) is 0 Å². The second kappa shape index (κ2) is 6.98. The molecule has 2 unspecified atom stereocenters. The summed E-state index contributed by atoms with van der Waals surface area (Å²) in [5, 5.41) is 5.54. The third kappa shape index (κ3) is 3.91. The van der Waals surface area contributed by atoms with Crippen LogP contribution in [-0.2, 0) is 9.59 Å². The molecule has 25 heavy (non-hydrogen) atoms. The standard InChI is InChI=1S/C17H12Cl2F2N2O2/c18-11-2-1-3-12(19)15(11)23-17(25)10-7-9(10)16(24)22-14-5-4-8(20)6-13(14)21/h1-6,9-10H,7H2,(H,22,24)(H,23,25). The Morgan fingerprint density at radius 3 is 2.16 bits per heavy atom. The first-order valence-corrected chi connectivity index (χ1v) is 8.13. The second-order valence-electron chi connectivity index (χ2n) is 5.65. The molecule has 2 atom stereocenters. The highest BCUT2D eigenvalue weighted by atomic mass is 35.5. The van der Waals surface area contributed by atoms with Crippen molar-refractivity contribution in [2.24, 2.45) is 11.8 Å². The smallest absolute Gasteiger partial charge is 0.228 e. The minimum Gasteiger partial charge on any atom is -0.323 e. The van der Waals surface area contributed by atoms with Gasteiger partial charge in [0.25, 0.3) is 0 Å². The number of rotatable bonds is 4. The Bertz CT molecular complexity index is 840. The van der Waals surface area contributed by atoms with Crippen molar-refractivity contribution >= 4 is 46.4 Å². The van der Waals surface area contributed by atoms with Gasteiger partial charge in [-0.3, -0.25) is 9.59 Å². The highest BCUT2D eigenvalue weighted by molar-refractivity contribution is 6.39. The molecule has 1 saturated carbocycles. The lowest BCUT2D eigenvalue weighted by Crippen LogP contribution is -2.21. The summed E-state index contributed by atoms with van der Waals surface area (Å²) in [7, 11) is 0. The SMILES string of the molecule is O=C(Nc1ccc(F)cc1F)C1CC1C(=O)Nc1c(Cl)cccc1Cl. The molecule has 1 fully saturated rings. The van der Waals surface area contributed by atoms with Crippen LogP contribution in [0.2, 0.25) is 10.0 Å². The molecule has 2 N–H and O–H groups in total. The zero-order valence-corrected chi connectivity index (χ0v) is 14.2. The van der Waals surface area contributed by atoms with E-state index < -0.39 is 35.3 Å². The summed E-state index contributed by atoms with van der Waals surface area (Å²) in [4.78, 5) is 24.3. The fourth-order valence-electron chi connectivity index (χ4n) is 2.42. The highest BCUT2D eigenvalue weighted by Crippen LogP contribution is 2.41. The van der Waals surface area contributed by atoms with Crippen molar-refractivity contribution in [2.75, 3.05) is 10.6 Å². The van der Waals surface area contributed by atoms with Crippen molar-refractivity contribution in [3.05, 3.63) is 58.1 Å². The van der Waals surface area contributed by atoms with E-state index in [9.17, 15) is 18.4 Å². The summed E-state index contributed by atoms with van der Waals surface area (Å²) >= 11 is 12.0. The predicted molar refractivity (Wildman–Crippen MR) is 91.7 cm³/mol. The number of hydrogen-bond acceptors (Lipinski definition) is 2. The number of amides is 2. The van der Waals surface area contributed by atoms with Crippen LogP contribution < -0.4 is 10.6 Å². The fourth-order valence-corrected chi connectivity index (χ4v) is 2.92. The van der Waals surface area contributed by atoms with E-state index in [1.807, 2.05) is 0 Å². The van der Waals surface area contributed by atoms with Gasteiger partial charge in [-0.05, 0) is 30.7 Å². The van der Waals surface area contributed by atoms with Crippen LogP contribution in [0, 0.1) is 23.5 Å². The van der Waals surface area contributed by atoms with Gasteiger partial charge >= 0.3 is 0 Å². The molecular formula is C17H12Cl2F2N2O2. The van der Waals surface area contributed by atoms with Gasteiger partial charge in [0, 0.05) is 6.07 Å². The van der Waals surface area contributed by atoms with Gasteiger partial charge in [0.1, 0.15) is 11.6 Å². The highest BCUT2D eigenvalue weighted by Gasteiger charge is 2.48. The van der Waals surface area contributed by atoms with Crippen molar-refractivity contribution in [2.45, 2.75) is 6.42 Å². The van der Waals surface area contributed by atoms with Crippen molar-refractivity contribution in [1.82, 2.24) is 0 Å². The molecule has 2 amide bonds. The molecule has 8 heteroatoms. The Morgan fingerprint density at radius 2 is 1.56 bits per heavy atom. The zero-order valence-electron chi connectivity index (χ0n) is 12.7. The van der Waals surface area contributed by atoms with Crippen LogP contribution in [-0.4, -0.2) is 11.8 Å². The summed E-state index contributed by atoms with van der Waals surface area (Å²) in [6.07, 6.45) is 0.322. The van der Waals surface area contributed by atoms with Crippen LogP contribution in [0.4, 0.5) is 20.2 Å². The van der Waals surface area contributed by atoms with Crippen molar-refractivity contribution in [3.8, 4) is 0 Å². The summed E-state index contributed by atoms with van der Waals surface area (Å²) in [5.41, 5.74) is 0.151. The molecule has 0 saturated heterocycles. The normalized spacial score (nSPS) is 18.6. The molecule has 2 aromatic carbocycles. The molecule has 2 aromatic rings. The second-order valence-corrected chi connectivity index (χ2v) is 6.46. The van der Waals surface area contributed by atoms with Crippen LogP contribution in [0.5, 0.6) is 0 Å². The van der Waals surface area contributed by atoms with Crippen LogP contribution in [0.1, 0.15) is 6.42 Å². The Morgan fingerprint density at radius 1 is 0.960 bits per heavy atom. The topological polar surface area (TPSA) is 58.2 Å². The van der Waals surface area contributed by atoms with Crippen molar-refractivity contribution in [3.63, 3.8) is 0 Å². The van der Waals surface area contributed by atoms with Gasteiger partial charge in [-0.25, -0.2) is 8.78 Å². The monoisotopic (exact) mass is 384 g/mol. The number of nitrogens with one attached hydrogen (secondary N) is 2. The Hall–Kier alpha value is -2.18. The van der Waals surface area contributed by atoms with Crippen LogP contribution in [0.15, 0.2) is 36.4 Å². The molecule has 0 radical (unpaired) electrons. The lowest BCUT2D eigenvalue weighted by molar-refractivity contribution is -0.122. The first-order valence-electron chi connectivity index (χ1n) is 7.37. The molecule has 3 rings (SSSR count). The van der Waals surface area contributed by atoms with Gasteiger partial charge in [-0.2, -0.15) is 0 Å². The van der Waals surface area contributed by atoms with Gasteiger partial charge in [0.15, 0.2) is 0 Å². The van der Waals surface area contributed by atoms with E-state index in [-0.39, 0.29) is 21.4 Å². The van der Waals surface area contributed by atoms with Crippen molar-refractivity contribution < 1.29 is 18.4 Å². The third-order valence-corrected chi connectivity index (χ3v) is 4.49. The number of para-hydroxylation sites is 1. The maximum Gasteiger partial charge on any atom is 0.228 e. The van der Waals surface area contributed by atoms with E-state index in [2.05, 4.69) is 10.6 Å². The number of benzene rings is 2. The predicted octanol–water partition coefficient (Wildman–Crippen LogP) is 4.48. The molecule has 0 spiro atoms. The number of hydrogen-bond donors (Lipinski definition) is 2. The summed E-state index contributed by atoms with van der Waals surface area (Å²) in [6, 6.07) is 7.64. The van der Waals surface area contributed by atoms with E-state index in [4.69, 9.17) is 23.2 Å². The first kappa shape index (κ1) is 17.6. The average molecular weight is 385 g/mol. The lowest BCUT2D eigenvalue weighted by Gasteiger charge is -2.09. The third-order valence-electron chi connectivity index (χ3n) is 3.86. The van der Waals surface area contributed by atoms with Gasteiger partial charge in [0.2, 0.25) is 11.8 Å². The van der Waals surface area contributed by atoms with Crippen molar-refractivity contribution in [1.29, 1.82) is 0 Å². The van der Waals surface area contributed by atoms with E-state index in [0.29, 0.717) is 12.5 Å². The van der Waals surface area contributed by atoms with E-state index in [0.717, 1.165) is 12.1 Å². The molecule has 4 nitrogen and oxygen atoms in total. The van der Waals surface area contributed by atoms with E-state index >= 15 is 0 Å². The quantitative estimate of drug-likeness (QED) is 0.815. The summed E-state index contributed by atoms with van der Waals surface area (Å²) in [5.74, 6) is -3.67. The maximum absolute atomic E-state index is 13.6. The molecule has 0 aliphatic heterocycles. The Kier molecular flexibility index (Phi) is 4.92.